The highest BCUT2D eigenvalue weighted by Crippen LogP contribution is 2.38. The smallest absolute Gasteiger partial charge is 0.410 e. The van der Waals surface area contributed by atoms with Crippen molar-refractivity contribution in [1.82, 2.24) is 14.9 Å². The molecule has 2 unspecified atom stereocenters. The van der Waals surface area contributed by atoms with Crippen LogP contribution in [0.25, 0.3) is 0 Å². The van der Waals surface area contributed by atoms with Crippen LogP contribution in [0.3, 0.4) is 0 Å². The topological polar surface area (TPSA) is 58.2 Å². The van der Waals surface area contributed by atoms with Gasteiger partial charge in [-0.1, -0.05) is 6.92 Å². The number of carbonyl (C=O) groups is 1. The molecule has 5 heteroatoms. The standard InChI is InChI=1S/C17H27N3O2/c1-5-11-8-9-12-14(11)19-15(18-12)13-7-6-10-20(13)16(21)22-17(2,3)4/h11,13H,5-10H2,1-4H3,(H,18,19). The Morgan fingerprint density at radius 1 is 1.41 bits per heavy atom. The highest BCUT2D eigenvalue weighted by molar-refractivity contribution is 5.69. The van der Waals surface area contributed by atoms with E-state index < -0.39 is 5.60 Å². The first kappa shape index (κ1) is 15.4. The van der Waals surface area contributed by atoms with Crippen LogP contribution in [-0.4, -0.2) is 33.1 Å². The van der Waals surface area contributed by atoms with Gasteiger partial charge in [0.05, 0.1) is 11.7 Å². The van der Waals surface area contributed by atoms with E-state index in [-0.39, 0.29) is 12.1 Å². The molecular formula is C17H27N3O2. The van der Waals surface area contributed by atoms with Crippen LogP contribution in [0.4, 0.5) is 4.79 Å². The minimum absolute atomic E-state index is 0.0398. The molecular weight excluding hydrogens is 278 g/mol. The molecule has 1 fully saturated rings. The molecule has 5 nitrogen and oxygen atoms in total. The van der Waals surface area contributed by atoms with Gasteiger partial charge in [0.2, 0.25) is 0 Å². The highest BCUT2D eigenvalue weighted by Gasteiger charge is 2.36. The second kappa shape index (κ2) is 5.60. The van der Waals surface area contributed by atoms with Crippen LogP contribution in [0.2, 0.25) is 0 Å². The van der Waals surface area contributed by atoms with Crippen molar-refractivity contribution >= 4 is 6.09 Å². The Morgan fingerprint density at radius 3 is 2.86 bits per heavy atom. The number of rotatable bonds is 2. The summed E-state index contributed by atoms with van der Waals surface area (Å²) in [6, 6.07) is 0.0398. The minimum Gasteiger partial charge on any atom is -0.444 e. The van der Waals surface area contributed by atoms with E-state index in [2.05, 4.69) is 11.9 Å². The lowest BCUT2D eigenvalue weighted by molar-refractivity contribution is 0.0218. The van der Waals surface area contributed by atoms with Crippen LogP contribution < -0.4 is 0 Å². The summed E-state index contributed by atoms with van der Waals surface area (Å²) in [7, 11) is 0. The number of aryl methyl sites for hydroxylation is 1. The Kier molecular flexibility index (Phi) is 3.91. The molecule has 1 aliphatic carbocycles. The number of carbonyl (C=O) groups excluding carboxylic acids is 1. The quantitative estimate of drug-likeness (QED) is 0.901. The molecule has 1 saturated heterocycles. The second-order valence-corrected chi connectivity index (χ2v) is 7.46. The molecule has 1 aliphatic heterocycles. The highest BCUT2D eigenvalue weighted by atomic mass is 16.6. The number of amides is 1. The van der Waals surface area contributed by atoms with Crippen molar-refractivity contribution in [3.05, 3.63) is 17.2 Å². The van der Waals surface area contributed by atoms with E-state index in [1.165, 1.54) is 17.8 Å². The predicted molar refractivity (Wildman–Crippen MR) is 84.9 cm³/mol. The number of imidazole rings is 1. The Morgan fingerprint density at radius 2 is 2.18 bits per heavy atom. The molecule has 2 heterocycles. The fourth-order valence-electron chi connectivity index (χ4n) is 3.57. The molecule has 0 bridgehead atoms. The molecule has 0 saturated carbocycles. The van der Waals surface area contributed by atoms with Crippen molar-refractivity contribution in [3.63, 3.8) is 0 Å². The molecule has 0 radical (unpaired) electrons. The van der Waals surface area contributed by atoms with Crippen molar-refractivity contribution in [1.29, 1.82) is 0 Å². The lowest BCUT2D eigenvalue weighted by Crippen LogP contribution is -2.36. The number of nitrogens with one attached hydrogen (secondary N) is 1. The summed E-state index contributed by atoms with van der Waals surface area (Å²) in [6.45, 7) is 8.69. The van der Waals surface area contributed by atoms with Gasteiger partial charge in [0.1, 0.15) is 11.4 Å². The van der Waals surface area contributed by atoms with Gasteiger partial charge >= 0.3 is 6.09 Å². The zero-order valence-corrected chi connectivity index (χ0v) is 14.1. The van der Waals surface area contributed by atoms with Crippen LogP contribution in [0, 0.1) is 0 Å². The second-order valence-electron chi connectivity index (χ2n) is 7.46. The average molecular weight is 305 g/mol. The molecule has 1 aromatic heterocycles. The summed E-state index contributed by atoms with van der Waals surface area (Å²) in [5.74, 6) is 1.53. The van der Waals surface area contributed by atoms with Gasteiger partial charge in [0, 0.05) is 18.2 Å². The van der Waals surface area contributed by atoms with Crippen LogP contribution in [0.1, 0.15) is 82.6 Å². The largest absolute Gasteiger partial charge is 0.444 e. The number of nitrogens with zero attached hydrogens (tertiary/aromatic N) is 2. The first-order chi connectivity index (χ1) is 10.4. The van der Waals surface area contributed by atoms with Crippen molar-refractivity contribution < 1.29 is 9.53 Å². The van der Waals surface area contributed by atoms with E-state index in [9.17, 15) is 4.79 Å². The Hall–Kier alpha value is -1.52. The van der Waals surface area contributed by atoms with Gasteiger partial charge in [-0.3, -0.25) is 4.90 Å². The summed E-state index contributed by atoms with van der Waals surface area (Å²) in [6.07, 6.45) is 5.16. The number of ether oxygens (including phenoxy) is 1. The van der Waals surface area contributed by atoms with E-state index in [1.54, 1.807) is 0 Å². The molecule has 2 aliphatic rings. The molecule has 0 spiro atoms. The van der Waals surface area contributed by atoms with Crippen molar-refractivity contribution in [3.8, 4) is 0 Å². The number of fused-ring (bicyclic) bond motifs is 1. The van der Waals surface area contributed by atoms with E-state index in [1.807, 2.05) is 25.7 Å². The third-order valence-electron chi connectivity index (χ3n) is 4.65. The van der Waals surface area contributed by atoms with E-state index in [0.717, 1.165) is 38.1 Å². The number of likely N-dealkylation sites (tertiary alicyclic amines) is 1. The SMILES string of the molecule is CCC1CCc2[nH]c(C3CCCN3C(=O)OC(C)(C)C)nc21. The predicted octanol–water partition coefficient (Wildman–Crippen LogP) is 3.92. The summed E-state index contributed by atoms with van der Waals surface area (Å²) < 4.78 is 5.54. The molecule has 3 rings (SSSR count). The summed E-state index contributed by atoms with van der Waals surface area (Å²) >= 11 is 0. The molecule has 2 atom stereocenters. The monoisotopic (exact) mass is 305 g/mol. The lowest BCUT2D eigenvalue weighted by atomic mass is 10.1. The van der Waals surface area contributed by atoms with Gasteiger partial charge in [0.25, 0.3) is 0 Å². The van der Waals surface area contributed by atoms with Gasteiger partial charge in [-0.05, 0) is 52.9 Å². The van der Waals surface area contributed by atoms with E-state index in [4.69, 9.17) is 9.72 Å². The third-order valence-corrected chi connectivity index (χ3v) is 4.65. The average Bonchev–Trinajstić information content (AvgIpc) is 3.10. The van der Waals surface area contributed by atoms with Crippen molar-refractivity contribution in [2.75, 3.05) is 6.54 Å². The number of aromatic amines is 1. The van der Waals surface area contributed by atoms with Crippen molar-refractivity contribution in [2.24, 2.45) is 0 Å². The van der Waals surface area contributed by atoms with E-state index in [0.29, 0.717) is 5.92 Å². The fourth-order valence-corrected chi connectivity index (χ4v) is 3.57. The molecule has 1 aromatic rings. The van der Waals surface area contributed by atoms with Crippen LogP contribution in [0.5, 0.6) is 0 Å². The number of hydrogen-bond acceptors (Lipinski definition) is 3. The minimum atomic E-state index is -0.456. The lowest BCUT2D eigenvalue weighted by Gasteiger charge is -2.27. The molecule has 0 aromatic carbocycles. The normalized spacial score (nSPS) is 24.6. The number of hydrogen-bond donors (Lipinski definition) is 1. The molecule has 22 heavy (non-hydrogen) atoms. The van der Waals surface area contributed by atoms with Crippen LogP contribution in [0.15, 0.2) is 0 Å². The summed E-state index contributed by atoms with van der Waals surface area (Å²) in [5.41, 5.74) is 2.05. The van der Waals surface area contributed by atoms with Gasteiger partial charge in [-0.15, -0.1) is 0 Å². The molecule has 1 N–H and O–H groups in total. The number of aromatic nitrogens is 2. The Labute approximate surface area is 132 Å². The fraction of sp³-hybridized carbons (Fsp3) is 0.765. The van der Waals surface area contributed by atoms with Gasteiger partial charge in [0.15, 0.2) is 0 Å². The first-order valence-electron chi connectivity index (χ1n) is 8.47. The summed E-state index contributed by atoms with van der Waals surface area (Å²) in [4.78, 5) is 22.6. The van der Waals surface area contributed by atoms with Crippen LogP contribution >= 0.6 is 0 Å². The zero-order valence-electron chi connectivity index (χ0n) is 14.1. The maximum absolute atomic E-state index is 12.4. The van der Waals surface area contributed by atoms with Gasteiger partial charge in [-0.25, -0.2) is 9.78 Å². The van der Waals surface area contributed by atoms with Crippen molar-refractivity contribution in [2.45, 2.75) is 77.4 Å². The maximum atomic E-state index is 12.4. The van der Waals surface area contributed by atoms with Gasteiger partial charge < -0.3 is 9.72 Å². The van der Waals surface area contributed by atoms with E-state index >= 15 is 0 Å². The summed E-state index contributed by atoms with van der Waals surface area (Å²) in [5, 5.41) is 0. The Balaban J connectivity index is 1.78. The molecule has 1 amide bonds. The first-order valence-corrected chi connectivity index (χ1v) is 8.47. The molecule has 122 valence electrons. The van der Waals surface area contributed by atoms with Gasteiger partial charge in [-0.2, -0.15) is 0 Å². The van der Waals surface area contributed by atoms with Crippen LogP contribution in [-0.2, 0) is 11.2 Å². The Bertz CT molecular complexity index is 559. The zero-order chi connectivity index (χ0) is 15.9. The third kappa shape index (κ3) is 2.85. The maximum Gasteiger partial charge on any atom is 0.410 e. The number of H-pyrrole nitrogens is 1.